The Balaban J connectivity index is 1.74. The summed E-state index contributed by atoms with van der Waals surface area (Å²) in [5.41, 5.74) is 1.95. The minimum atomic E-state index is -0.831. The van der Waals surface area contributed by atoms with Crippen LogP contribution in [0.1, 0.15) is 42.5 Å². The minimum Gasteiger partial charge on any atom is -0.322 e. The monoisotopic (exact) mass is 365 g/mol. The van der Waals surface area contributed by atoms with E-state index in [1.807, 2.05) is 0 Å². The molecule has 116 valence electrons. The van der Waals surface area contributed by atoms with E-state index in [1.165, 1.54) is 0 Å². The fraction of sp³-hybridized carbons (Fsp3) is 0.400. The number of carbonyl (C=O) groups is 3. The lowest BCUT2D eigenvalue weighted by Crippen LogP contribution is -2.50. The highest BCUT2D eigenvalue weighted by atomic mass is 79.9. The standard InChI is InChI=1S/C15H16BrN3O3/c16-11-6-4-10(5-7-11)12(20)18-19-13(21)15(17-14(19)22)8-2-1-3-9-15/h4-7H,1-3,8-9H2,(H,17,22)(H,18,20). The summed E-state index contributed by atoms with van der Waals surface area (Å²) in [5, 5.41) is 3.57. The molecule has 0 radical (unpaired) electrons. The van der Waals surface area contributed by atoms with Crippen molar-refractivity contribution < 1.29 is 14.4 Å². The van der Waals surface area contributed by atoms with Gasteiger partial charge in [0.15, 0.2) is 0 Å². The number of benzene rings is 1. The number of urea groups is 1. The Morgan fingerprint density at radius 1 is 1.14 bits per heavy atom. The molecule has 7 heteroatoms. The van der Waals surface area contributed by atoms with Gasteiger partial charge in [0.1, 0.15) is 5.54 Å². The Morgan fingerprint density at radius 2 is 1.77 bits per heavy atom. The molecular weight excluding hydrogens is 350 g/mol. The van der Waals surface area contributed by atoms with Gasteiger partial charge in [-0.05, 0) is 37.1 Å². The molecule has 6 nitrogen and oxygen atoms in total. The van der Waals surface area contributed by atoms with E-state index in [0.717, 1.165) is 28.7 Å². The number of amides is 4. The molecule has 22 heavy (non-hydrogen) atoms. The molecule has 1 heterocycles. The maximum absolute atomic E-state index is 12.5. The van der Waals surface area contributed by atoms with Gasteiger partial charge < -0.3 is 5.32 Å². The van der Waals surface area contributed by atoms with Crippen molar-refractivity contribution >= 4 is 33.8 Å². The van der Waals surface area contributed by atoms with Gasteiger partial charge in [-0.3, -0.25) is 15.0 Å². The number of carbonyl (C=O) groups excluding carboxylic acids is 3. The van der Waals surface area contributed by atoms with Crippen molar-refractivity contribution in [2.45, 2.75) is 37.6 Å². The number of hydrogen-bond acceptors (Lipinski definition) is 3. The summed E-state index contributed by atoms with van der Waals surface area (Å²) in [7, 11) is 0. The summed E-state index contributed by atoms with van der Waals surface area (Å²) in [4.78, 5) is 36.8. The lowest BCUT2D eigenvalue weighted by molar-refractivity contribution is -0.134. The van der Waals surface area contributed by atoms with Gasteiger partial charge in [-0.2, -0.15) is 5.01 Å². The van der Waals surface area contributed by atoms with Crippen LogP contribution in [-0.2, 0) is 4.79 Å². The minimum absolute atomic E-state index is 0.359. The molecule has 1 aliphatic carbocycles. The molecule has 4 amide bonds. The molecule has 2 fully saturated rings. The normalized spacial score (nSPS) is 20.1. The predicted molar refractivity (Wildman–Crippen MR) is 82.8 cm³/mol. The van der Waals surface area contributed by atoms with Crippen molar-refractivity contribution in [2.75, 3.05) is 0 Å². The van der Waals surface area contributed by atoms with E-state index in [9.17, 15) is 14.4 Å². The van der Waals surface area contributed by atoms with Crippen LogP contribution in [0.25, 0.3) is 0 Å². The summed E-state index contributed by atoms with van der Waals surface area (Å²) >= 11 is 3.29. The SMILES string of the molecule is O=C(NN1C(=O)NC2(CCCCC2)C1=O)c1ccc(Br)cc1. The number of rotatable bonds is 2. The van der Waals surface area contributed by atoms with Crippen LogP contribution in [0.4, 0.5) is 4.79 Å². The van der Waals surface area contributed by atoms with Crippen LogP contribution in [-0.4, -0.2) is 28.4 Å². The topological polar surface area (TPSA) is 78.5 Å². The van der Waals surface area contributed by atoms with Gasteiger partial charge in [-0.1, -0.05) is 35.2 Å². The number of nitrogens with zero attached hydrogens (tertiary/aromatic N) is 1. The van der Waals surface area contributed by atoms with Crippen LogP contribution >= 0.6 is 15.9 Å². The van der Waals surface area contributed by atoms with Crippen LogP contribution in [0.5, 0.6) is 0 Å². The number of hydrazine groups is 1. The zero-order valence-electron chi connectivity index (χ0n) is 11.9. The summed E-state index contributed by atoms with van der Waals surface area (Å²) in [5.74, 6) is -0.841. The maximum atomic E-state index is 12.5. The summed E-state index contributed by atoms with van der Waals surface area (Å²) in [6.45, 7) is 0. The molecule has 0 atom stereocenters. The summed E-state index contributed by atoms with van der Waals surface area (Å²) in [6.07, 6.45) is 4.13. The lowest BCUT2D eigenvalue weighted by atomic mass is 9.82. The fourth-order valence-corrected chi connectivity index (χ4v) is 3.25. The van der Waals surface area contributed by atoms with Gasteiger partial charge in [-0.25, -0.2) is 4.79 Å². The van der Waals surface area contributed by atoms with E-state index in [4.69, 9.17) is 0 Å². The van der Waals surface area contributed by atoms with E-state index < -0.39 is 17.5 Å². The van der Waals surface area contributed by atoms with E-state index in [0.29, 0.717) is 18.4 Å². The van der Waals surface area contributed by atoms with Crippen molar-refractivity contribution in [3.05, 3.63) is 34.3 Å². The average Bonchev–Trinajstić information content (AvgIpc) is 2.73. The molecule has 3 rings (SSSR count). The molecule has 0 aromatic heterocycles. The quantitative estimate of drug-likeness (QED) is 0.789. The molecule has 0 unspecified atom stereocenters. The highest BCUT2D eigenvalue weighted by molar-refractivity contribution is 9.10. The Hall–Kier alpha value is -1.89. The highest BCUT2D eigenvalue weighted by Gasteiger charge is 2.52. The Morgan fingerprint density at radius 3 is 2.41 bits per heavy atom. The third-order valence-electron chi connectivity index (χ3n) is 4.19. The van der Waals surface area contributed by atoms with Gasteiger partial charge in [0, 0.05) is 10.0 Å². The Labute approximate surface area is 136 Å². The molecule has 2 N–H and O–H groups in total. The van der Waals surface area contributed by atoms with Crippen molar-refractivity contribution in [1.82, 2.24) is 15.8 Å². The first kappa shape index (κ1) is 15.0. The molecule has 1 aromatic rings. The van der Waals surface area contributed by atoms with Gasteiger partial charge in [0.25, 0.3) is 11.8 Å². The van der Waals surface area contributed by atoms with Crippen molar-refractivity contribution in [3.63, 3.8) is 0 Å². The van der Waals surface area contributed by atoms with E-state index >= 15 is 0 Å². The molecule has 1 saturated heterocycles. The van der Waals surface area contributed by atoms with Gasteiger partial charge in [0.05, 0.1) is 0 Å². The smallest absolute Gasteiger partial charge is 0.322 e. The Bertz CT molecular complexity index is 623. The molecular formula is C15H16BrN3O3. The van der Waals surface area contributed by atoms with Crippen molar-refractivity contribution in [1.29, 1.82) is 0 Å². The third kappa shape index (κ3) is 2.61. The van der Waals surface area contributed by atoms with Crippen LogP contribution < -0.4 is 10.7 Å². The van der Waals surface area contributed by atoms with Crippen molar-refractivity contribution in [3.8, 4) is 0 Å². The first-order valence-corrected chi connectivity index (χ1v) is 8.04. The van der Waals surface area contributed by atoms with E-state index in [1.54, 1.807) is 24.3 Å². The first-order valence-electron chi connectivity index (χ1n) is 7.25. The average molecular weight is 366 g/mol. The Kier molecular flexibility index (Phi) is 3.90. The van der Waals surface area contributed by atoms with Gasteiger partial charge in [0.2, 0.25) is 0 Å². The molecule has 1 aromatic carbocycles. The van der Waals surface area contributed by atoms with Crippen molar-refractivity contribution in [2.24, 2.45) is 0 Å². The molecule has 1 saturated carbocycles. The number of hydrogen-bond donors (Lipinski definition) is 2. The fourth-order valence-electron chi connectivity index (χ4n) is 2.98. The van der Waals surface area contributed by atoms with Gasteiger partial charge in [-0.15, -0.1) is 0 Å². The third-order valence-corrected chi connectivity index (χ3v) is 4.72. The van der Waals surface area contributed by atoms with Crippen LogP contribution in [0.15, 0.2) is 28.7 Å². The molecule has 1 aliphatic heterocycles. The number of halogens is 1. The number of imide groups is 1. The summed E-state index contributed by atoms with van der Waals surface area (Å²) < 4.78 is 0.847. The van der Waals surface area contributed by atoms with E-state index in [-0.39, 0.29) is 5.91 Å². The zero-order chi connectivity index (χ0) is 15.7. The lowest BCUT2D eigenvalue weighted by Gasteiger charge is -2.30. The molecule has 2 aliphatic rings. The maximum Gasteiger partial charge on any atom is 0.344 e. The van der Waals surface area contributed by atoms with E-state index in [2.05, 4.69) is 26.7 Å². The first-order chi connectivity index (χ1) is 10.5. The van der Waals surface area contributed by atoms with Crippen LogP contribution in [0, 0.1) is 0 Å². The van der Waals surface area contributed by atoms with Crippen LogP contribution in [0.3, 0.4) is 0 Å². The van der Waals surface area contributed by atoms with Gasteiger partial charge >= 0.3 is 6.03 Å². The predicted octanol–water partition coefficient (Wildman–Crippen LogP) is 2.35. The highest BCUT2D eigenvalue weighted by Crippen LogP contribution is 2.33. The second-order valence-electron chi connectivity index (χ2n) is 5.66. The second kappa shape index (κ2) is 5.72. The summed E-state index contributed by atoms with van der Waals surface area (Å²) in [6, 6.07) is 6.13. The molecule has 0 bridgehead atoms. The zero-order valence-corrected chi connectivity index (χ0v) is 13.5. The number of nitrogens with one attached hydrogen (secondary N) is 2. The molecule has 1 spiro atoms. The van der Waals surface area contributed by atoms with Crippen LogP contribution in [0.2, 0.25) is 0 Å². The largest absolute Gasteiger partial charge is 0.344 e. The second-order valence-corrected chi connectivity index (χ2v) is 6.58.